The molecule has 0 unspecified atom stereocenters. The van der Waals surface area contributed by atoms with Crippen molar-refractivity contribution in [2.75, 3.05) is 37.7 Å². The third-order valence-electron chi connectivity index (χ3n) is 8.16. The van der Waals surface area contributed by atoms with Crippen LogP contribution in [0.15, 0.2) is 0 Å². The van der Waals surface area contributed by atoms with E-state index >= 15 is 0 Å². The number of nitrogens with one attached hydrogen (secondary N) is 1. The Morgan fingerprint density at radius 3 is 2.37 bits per heavy atom. The molecule has 4 aliphatic carbocycles. The van der Waals surface area contributed by atoms with Gasteiger partial charge in [0.2, 0.25) is 0 Å². The molecule has 7 rings (SSSR count). The molecule has 162 valence electrons. The number of ether oxygens (including phenoxy) is 1. The van der Waals surface area contributed by atoms with Gasteiger partial charge in [0, 0.05) is 37.2 Å². The summed E-state index contributed by atoms with van der Waals surface area (Å²) in [5, 5.41) is 3.55. The van der Waals surface area contributed by atoms with E-state index in [1.54, 1.807) is 0 Å². The van der Waals surface area contributed by atoms with Crippen LogP contribution in [-0.4, -0.2) is 59.3 Å². The van der Waals surface area contributed by atoms with Crippen molar-refractivity contribution in [3.05, 3.63) is 17.1 Å². The molecule has 4 saturated carbocycles. The second-order valence-electron chi connectivity index (χ2n) is 10.4. The lowest BCUT2D eigenvalue weighted by molar-refractivity contribution is -0.0159. The quantitative estimate of drug-likeness (QED) is 0.810. The zero-order valence-corrected chi connectivity index (χ0v) is 18.0. The SMILES string of the molecule is Cc1nc2c(c(N3CCOCC3)n1)CN(C(=O)NC13CC4CC(CC(C4)C1)C3)CC2. The molecule has 0 atom stereocenters. The number of amides is 2. The third-order valence-corrected chi connectivity index (χ3v) is 8.16. The summed E-state index contributed by atoms with van der Waals surface area (Å²) in [6.45, 7) is 6.48. The monoisotopic (exact) mass is 411 g/mol. The molecular weight excluding hydrogens is 378 g/mol. The first kappa shape index (κ1) is 18.8. The average Bonchev–Trinajstić information content (AvgIpc) is 2.72. The lowest BCUT2D eigenvalue weighted by Crippen LogP contribution is -2.62. The van der Waals surface area contributed by atoms with Gasteiger partial charge in [0.05, 0.1) is 25.5 Å². The lowest BCUT2D eigenvalue weighted by atomic mass is 9.53. The number of carbonyl (C=O) groups is 1. The fraction of sp³-hybridized carbons (Fsp3) is 0.783. The minimum atomic E-state index is 0.0585. The molecule has 7 heteroatoms. The van der Waals surface area contributed by atoms with Crippen LogP contribution < -0.4 is 10.2 Å². The van der Waals surface area contributed by atoms with Crippen LogP contribution in [0.1, 0.15) is 55.6 Å². The predicted octanol–water partition coefficient (Wildman–Crippen LogP) is 2.66. The fourth-order valence-electron chi connectivity index (χ4n) is 7.30. The van der Waals surface area contributed by atoms with Crippen LogP contribution in [-0.2, 0) is 17.7 Å². The zero-order valence-electron chi connectivity index (χ0n) is 18.0. The number of hydrogen-bond donors (Lipinski definition) is 1. The van der Waals surface area contributed by atoms with Gasteiger partial charge in [-0.3, -0.25) is 0 Å². The maximum Gasteiger partial charge on any atom is 0.318 e. The van der Waals surface area contributed by atoms with Gasteiger partial charge < -0.3 is 19.9 Å². The van der Waals surface area contributed by atoms with Gasteiger partial charge in [-0.1, -0.05) is 0 Å². The van der Waals surface area contributed by atoms with Crippen LogP contribution in [0.4, 0.5) is 10.6 Å². The number of rotatable bonds is 2. The molecule has 7 nitrogen and oxygen atoms in total. The van der Waals surface area contributed by atoms with Crippen molar-refractivity contribution in [2.24, 2.45) is 17.8 Å². The first-order chi connectivity index (χ1) is 14.6. The number of anilines is 1. The number of hydrogen-bond acceptors (Lipinski definition) is 5. The molecule has 0 radical (unpaired) electrons. The van der Waals surface area contributed by atoms with Gasteiger partial charge in [-0.15, -0.1) is 0 Å². The molecule has 1 N–H and O–H groups in total. The van der Waals surface area contributed by atoms with Crippen LogP contribution in [0.2, 0.25) is 0 Å². The van der Waals surface area contributed by atoms with Crippen LogP contribution in [0.25, 0.3) is 0 Å². The van der Waals surface area contributed by atoms with E-state index in [4.69, 9.17) is 14.7 Å². The molecule has 0 aromatic carbocycles. The maximum absolute atomic E-state index is 13.4. The van der Waals surface area contributed by atoms with E-state index in [0.29, 0.717) is 6.54 Å². The Balaban J connectivity index is 1.21. The van der Waals surface area contributed by atoms with Crippen molar-refractivity contribution in [1.82, 2.24) is 20.2 Å². The minimum Gasteiger partial charge on any atom is -0.378 e. The van der Waals surface area contributed by atoms with Crippen molar-refractivity contribution in [3.8, 4) is 0 Å². The van der Waals surface area contributed by atoms with Crippen LogP contribution in [0.5, 0.6) is 0 Å². The molecule has 1 aromatic heterocycles. The average molecular weight is 412 g/mol. The normalized spacial score (nSPS) is 34.8. The van der Waals surface area contributed by atoms with Gasteiger partial charge in [-0.25, -0.2) is 14.8 Å². The second kappa shape index (κ2) is 7.08. The molecule has 6 aliphatic rings. The molecular formula is C23H33N5O2. The number of carbonyl (C=O) groups excluding carboxylic acids is 1. The van der Waals surface area contributed by atoms with Gasteiger partial charge in [0.25, 0.3) is 0 Å². The topological polar surface area (TPSA) is 70.6 Å². The van der Waals surface area contributed by atoms with Crippen molar-refractivity contribution in [2.45, 2.75) is 64.0 Å². The molecule has 2 amide bonds. The van der Waals surface area contributed by atoms with Crippen LogP contribution in [0, 0.1) is 24.7 Å². The number of urea groups is 1. The Morgan fingerprint density at radius 2 is 1.70 bits per heavy atom. The van der Waals surface area contributed by atoms with E-state index in [9.17, 15) is 4.79 Å². The predicted molar refractivity (Wildman–Crippen MR) is 113 cm³/mol. The number of aromatic nitrogens is 2. The highest BCUT2D eigenvalue weighted by Crippen LogP contribution is 2.55. The number of fused-ring (bicyclic) bond motifs is 1. The Kier molecular flexibility index (Phi) is 4.44. The Labute approximate surface area is 178 Å². The van der Waals surface area contributed by atoms with Gasteiger partial charge >= 0.3 is 6.03 Å². The summed E-state index contributed by atoms with van der Waals surface area (Å²) in [6, 6.07) is 0.121. The van der Waals surface area contributed by atoms with Gasteiger partial charge in [0.15, 0.2) is 0 Å². The molecule has 1 saturated heterocycles. The van der Waals surface area contributed by atoms with E-state index in [-0.39, 0.29) is 11.6 Å². The van der Waals surface area contributed by atoms with Gasteiger partial charge in [-0.05, 0) is 63.2 Å². The maximum atomic E-state index is 13.4. The van der Waals surface area contributed by atoms with E-state index in [2.05, 4.69) is 10.2 Å². The highest BCUT2D eigenvalue weighted by molar-refractivity contribution is 5.76. The highest BCUT2D eigenvalue weighted by Gasteiger charge is 2.52. The first-order valence-corrected chi connectivity index (χ1v) is 11.8. The molecule has 0 spiro atoms. The molecule has 5 fully saturated rings. The lowest BCUT2D eigenvalue weighted by Gasteiger charge is -2.57. The summed E-state index contributed by atoms with van der Waals surface area (Å²) in [5.74, 6) is 4.34. The number of aryl methyl sites for hydroxylation is 1. The first-order valence-electron chi connectivity index (χ1n) is 11.8. The molecule has 1 aromatic rings. The Morgan fingerprint density at radius 1 is 1.03 bits per heavy atom. The van der Waals surface area contributed by atoms with Crippen molar-refractivity contribution in [3.63, 3.8) is 0 Å². The Bertz CT molecular complexity index is 815. The van der Waals surface area contributed by atoms with Crippen LogP contribution in [0.3, 0.4) is 0 Å². The molecule has 2 aliphatic heterocycles. The Hall–Kier alpha value is -1.89. The van der Waals surface area contributed by atoms with Gasteiger partial charge in [-0.2, -0.15) is 0 Å². The summed E-state index contributed by atoms with van der Waals surface area (Å²) in [6.07, 6.45) is 8.57. The standard InChI is InChI=1S/C23H33N5O2/c1-15-24-20-2-3-28(14-19(20)21(25-15)27-4-6-30-7-5-27)22(29)26-23-11-16-8-17(12-23)10-18(9-16)13-23/h16-18H,2-14H2,1H3,(H,26,29). The summed E-state index contributed by atoms with van der Waals surface area (Å²) in [5.41, 5.74) is 2.31. The van der Waals surface area contributed by atoms with Gasteiger partial charge in [0.1, 0.15) is 11.6 Å². The highest BCUT2D eigenvalue weighted by atomic mass is 16.5. The minimum absolute atomic E-state index is 0.0585. The van der Waals surface area contributed by atoms with E-state index < -0.39 is 0 Å². The molecule has 30 heavy (non-hydrogen) atoms. The number of nitrogens with zero attached hydrogens (tertiary/aromatic N) is 4. The fourth-order valence-corrected chi connectivity index (χ4v) is 7.30. The molecule has 3 heterocycles. The van der Waals surface area contributed by atoms with E-state index in [0.717, 1.165) is 79.9 Å². The van der Waals surface area contributed by atoms with Crippen molar-refractivity contribution >= 4 is 11.8 Å². The van der Waals surface area contributed by atoms with E-state index in [1.165, 1.54) is 38.5 Å². The second-order valence-corrected chi connectivity index (χ2v) is 10.4. The summed E-state index contributed by atoms with van der Waals surface area (Å²) >= 11 is 0. The summed E-state index contributed by atoms with van der Waals surface area (Å²) in [4.78, 5) is 27.2. The molecule has 4 bridgehead atoms. The summed E-state index contributed by atoms with van der Waals surface area (Å²) < 4.78 is 5.53. The summed E-state index contributed by atoms with van der Waals surface area (Å²) in [7, 11) is 0. The smallest absolute Gasteiger partial charge is 0.318 e. The van der Waals surface area contributed by atoms with Crippen molar-refractivity contribution in [1.29, 1.82) is 0 Å². The van der Waals surface area contributed by atoms with Crippen molar-refractivity contribution < 1.29 is 9.53 Å². The van der Waals surface area contributed by atoms with Crippen LogP contribution >= 0.6 is 0 Å². The van der Waals surface area contributed by atoms with E-state index in [1.807, 2.05) is 11.8 Å². The third kappa shape index (κ3) is 3.26. The largest absolute Gasteiger partial charge is 0.378 e. The number of morpholine rings is 1. The zero-order chi connectivity index (χ0) is 20.3.